The fourth-order valence-corrected chi connectivity index (χ4v) is 0.576. The predicted octanol–water partition coefficient (Wildman–Crippen LogP) is -1.74. The van der Waals surface area contributed by atoms with Crippen LogP contribution in [0.4, 0.5) is 0 Å². The smallest absolute Gasteiger partial charge is 0.0923 e. The van der Waals surface area contributed by atoms with Gasteiger partial charge in [-0.1, -0.05) is 0 Å². The summed E-state index contributed by atoms with van der Waals surface area (Å²) in [4.78, 5) is 6.82. The third-order valence-corrected chi connectivity index (χ3v) is 0.955. The third kappa shape index (κ3) is 3.18. The summed E-state index contributed by atoms with van der Waals surface area (Å²) < 4.78 is 0. The zero-order valence-electron chi connectivity index (χ0n) is 5.59. The molecular formula is C5H13N3O2. The summed E-state index contributed by atoms with van der Waals surface area (Å²) >= 11 is 0. The van der Waals surface area contributed by atoms with Crippen molar-refractivity contribution in [2.24, 2.45) is 5.73 Å². The molecule has 1 rings (SSSR count). The lowest BCUT2D eigenvalue weighted by Gasteiger charge is -1.85. The lowest BCUT2D eigenvalue weighted by molar-refractivity contribution is 0.823. The number of imidazole rings is 1. The van der Waals surface area contributed by atoms with Crippen molar-refractivity contribution in [2.45, 2.75) is 6.42 Å². The zero-order chi connectivity index (χ0) is 5.82. The van der Waals surface area contributed by atoms with Crippen LogP contribution in [-0.4, -0.2) is 27.5 Å². The van der Waals surface area contributed by atoms with Gasteiger partial charge in [-0.05, 0) is 6.54 Å². The standard InChI is InChI=1S/C5H9N3.2H2O/c6-2-1-5-3-7-4-8-5;;/h3-4H,1-2,6H2,(H,7,8);2*1H2. The van der Waals surface area contributed by atoms with Crippen LogP contribution < -0.4 is 5.73 Å². The highest BCUT2D eigenvalue weighted by Gasteiger charge is 1.87. The number of nitrogens with two attached hydrogens (primary N) is 1. The van der Waals surface area contributed by atoms with Crippen molar-refractivity contribution in [1.82, 2.24) is 9.97 Å². The maximum atomic E-state index is 5.27. The van der Waals surface area contributed by atoms with Crippen LogP contribution in [0, 0.1) is 0 Å². The summed E-state index contributed by atoms with van der Waals surface area (Å²) in [6, 6.07) is 0. The normalized spacial score (nSPS) is 7.70. The van der Waals surface area contributed by atoms with E-state index in [1.807, 2.05) is 6.20 Å². The highest BCUT2D eigenvalue weighted by molar-refractivity contribution is 4.93. The molecule has 1 heterocycles. The Bertz CT molecular complexity index is 141. The van der Waals surface area contributed by atoms with Crippen LogP contribution in [0.3, 0.4) is 0 Å². The summed E-state index contributed by atoms with van der Waals surface area (Å²) in [6.45, 7) is 0.671. The van der Waals surface area contributed by atoms with Crippen LogP contribution in [0.5, 0.6) is 0 Å². The number of rotatable bonds is 2. The molecule has 5 nitrogen and oxygen atoms in total. The maximum Gasteiger partial charge on any atom is 0.0923 e. The summed E-state index contributed by atoms with van der Waals surface area (Å²) in [5.41, 5.74) is 6.30. The number of aromatic nitrogens is 2. The van der Waals surface area contributed by atoms with Crippen molar-refractivity contribution in [3.05, 3.63) is 18.2 Å². The lowest BCUT2D eigenvalue weighted by Crippen LogP contribution is -2.02. The van der Waals surface area contributed by atoms with Gasteiger partial charge in [-0.2, -0.15) is 0 Å². The second-order valence-corrected chi connectivity index (χ2v) is 1.60. The molecule has 0 aliphatic rings. The van der Waals surface area contributed by atoms with Gasteiger partial charge in [0.1, 0.15) is 0 Å². The molecule has 10 heavy (non-hydrogen) atoms. The molecular weight excluding hydrogens is 134 g/mol. The van der Waals surface area contributed by atoms with E-state index in [0.717, 1.165) is 12.1 Å². The van der Waals surface area contributed by atoms with Crippen molar-refractivity contribution in [2.75, 3.05) is 6.54 Å². The summed E-state index contributed by atoms with van der Waals surface area (Å²) in [7, 11) is 0. The second kappa shape index (κ2) is 6.21. The number of hydrogen-bond donors (Lipinski definition) is 2. The van der Waals surface area contributed by atoms with Crippen molar-refractivity contribution in [1.29, 1.82) is 0 Å². The SMILES string of the molecule is NCCc1c[nH]cn1.O.O. The number of aromatic amines is 1. The molecule has 0 aliphatic heterocycles. The van der Waals surface area contributed by atoms with E-state index in [4.69, 9.17) is 5.73 Å². The van der Waals surface area contributed by atoms with Crippen LogP contribution in [-0.2, 0) is 6.42 Å². The molecule has 0 saturated carbocycles. The molecule has 0 bridgehead atoms. The van der Waals surface area contributed by atoms with E-state index in [-0.39, 0.29) is 11.0 Å². The molecule has 0 saturated heterocycles. The molecule has 0 fully saturated rings. The molecule has 5 heteroatoms. The van der Waals surface area contributed by atoms with Gasteiger partial charge in [-0.3, -0.25) is 0 Å². The number of H-pyrrole nitrogens is 1. The molecule has 1 aromatic heterocycles. The minimum absolute atomic E-state index is 0. The first-order chi connectivity index (χ1) is 3.93. The Kier molecular flexibility index (Phi) is 7.35. The van der Waals surface area contributed by atoms with Crippen LogP contribution in [0.1, 0.15) is 5.69 Å². The highest BCUT2D eigenvalue weighted by Crippen LogP contribution is 1.88. The Balaban J connectivity index is 0. The third-order valence-electron chi connectivity index (χ3n) is 0.955. The van der Waals surface area contributed by atoms with Crippen LogP contribution >= 0.6 is 0 Å². The molecule has 0 radical (unpaired) electrons. The number of nitrogens with zero attached hydrogens (tertiary/aromatic N) is 1. The van der Waals surface area contributed by atoms with Crippen molar-refractivity contribution < 1.29 is 11.0 Å². The van der Waals surface area contributed by atoms with E-state index in [9.17, 15) is 0 Å². The van der Waals surface area contributed by atoms with Crippen molar-refractivity contribution >= 4 is 0 Å². The Morgan fingerprint density at radius 3 is 2.60 bits per heavy atom. The summed E-state index contributed by atoms with van der Waals surface area (Å²) in [6.07, 6.45) is 4.38. The van der Waals surface area contributed by atoms with E-state index in [2.05, 4.69) is 9.97 Å². The number of hydrogen-bond acceptors (Lipinski definition) is 2. The van der Waals surface area contributed by atoms with E-state index >= 15 is 0 Å². The molecule has 0 unspecified atom stereocenters. The van der Waals surface area contributed by atoms with Gasteiger partial charge in [0.25, 0.3) is 0 Å². The van der Waals surface area contributed by atoms with Crippen molar-refractivity contribution in [3.8, 4) is 0 Å². The quantitative estimate of drug-likeness (QED) is 0.516. The minimum atomic E-state index is 0. The summed E-state index contributed by atoms with van der Waals surface area (Å²) in [5.74, 6) is 0. The van der Waals surface area contributed by atoms with Gasteiger partial charge < -0.3 is 21.7 Å². The zero-order valence-corrected chi connectivity index (χ0v) is 5.59. The van der Waals surface area contributed by atoms with Gasteiger partial charge in [-0.15, -0.1) is 0 Å². The van der Waals surface area contributed by atoms with Gasteiger partial charge in [0.05, 0.1) is 12.0 Å². The average molecular weight is 147 g/mol. The molecule has 7 N–H and O–H groups in total. The van der Waals surface area contributed by atoms with E-state index in [0.29, 0.717) is 6.54 Å². The van der Waals surface area contributed by atoms with Crippen LogP contribution in [0.2, 0.25) is 0 Å². The van der Waals surface area contributed by atoms with Crippen LogP contribution in [0.25, 0.3) is 0 Å². The van der Waals surface area contributed by atoms with Crippen LogP contribution in [0.15, 0.2) is 12.5 Å². The van der Waals surface area contributed by atoms with Gasteiger partial charge in [0.2, 0.25) is 0 Å². The van der Waals surface area contributed by atoms with Crippen molar-refractivity contribution in [3.63, 3.8) is 0 Å². The maximum absolute atomic E-state index is 5.27. The minimum Gasteiger partial charge on any atom is -0.412 e. The molecule has 0 aromatic carbocycles. The fraction of sp³-hybridized carbons (Fsp3) is 0.400. The molecule has 0 amide bonds. The Morgan fingerprint density at radius 2 is 2.20 bits per heavy atom. The number of nitrogens with one attached hydrogen (secondary N) is 1. The molecule has 0 aliphatic carbocycles. The molecule has 0 atom stereocenters. The Labute approximate surface area is 58.9 Å². The van der Waals surface area contributed by atoms with Gasteiger partial charge in [0, 0.05) is 12.6 Å². The monoisotopic (exact) mass is 147 g/mol. The van der Waals surface area contributed by atoms with E-state index < -0.39 is 0 Å². The van der Waals surface area contributed by atoms with Gasteiger partial charge in [-0.25, -0.2) is 4.98 Å². The topological polar surface area (TPSA) is 118 Å². The van der Waals surface area contributed by atoms with Gasteiger partial charge in [0.15, 0.2) is 0 Å². The summed E-state index contributed by atoms with van der Waals surface area (Å²) in [5, 5.41) is 0. The highest BCUT2D eigenvalue weighted by atomic mass is 16.0. The first-order valence-electron chi connectivity index (χ1n) is 2.61. The molecule has 60 valence electrons. The fourth-order valence-electron chi connectivity index (χ4n) is 0.576. The average Bonchev–Trinajstić information content (AvgIpc) is 2.19. The first kappa shape index (κ1) is 11.8. The Morgan fingerprint density at radius 1 is 1.50 bits per heavy atom. The molecule has 1 aromatic rings. The van der Waals surface area contributed by atoms with Gasteiger partial charge >= 0.3 is 0 Å². The molecule has 0 spiro atoms. The second-order valence-electron chi connectivity index (χ2n) is 1.60. The van der Waals surface area contributed by atoms with E-state index in [1.165, 1.54) is 0 Å². The largest absolute Gasteiger partial charge is 0.412 e. The first-order valence-corrected chi connectivity index (χ1v) is 2.61. The predicted molar refractivity (Wildman–Crippen MR) is 38.6 cm³/mol. The Hall–Kier alpha value is -0.910. The lowest BCUT2D eigenvalue weighted by atomic mass is 10.3. The van der Waals surface area contributed by atoms with E-state index in [1.54, 1.807) is 6.33 Å².